The van der Waals surface area contributed by atoms with Gasteiger partial charge in [-0.2, -0.15) is 0 Å². The van der Waals surface area contributed by atoms with E-state index in [1.54, 1.807) is 25.1 Å². The summed E-state index contributed by atoms with van der Waals surface area (Å²) in [6.07, 6.45) is 1.70. The number of amides is 1. The number of sulfonamides is 1. The van der Waals surface area contributed by atoms with Crippen molar-refractivity contribution < 1.29 is 13.2 Å². The fourth-order valence-corrected chi connectivity index (χ4v) is 2.53. The van der Waals surface area contributed by atoms with Gasteiger partial charge in [0, 0.05) is 5.69 Å². The average molecular weight is 313 g/mol. The van der Waals surface area contributed by atoms with Crippen molar-refractivity contribution in [3.05, 3.63) is 23.8 Å². The minimum Gasteiger partial charge on any atom is -0.325 e. The van der Waals surface area contributed by atoms with E-state index in [0.29, 0.717) is 23.7 Å². The molecule has 1 amide bonds. The Morgan fingerprint density at radius 2 is 1.95 bits per heavy atom. The fraction of sp³-hybridized carbons (Fsp3) is 0.500. The first-order valence-corrected chi connectivity index (χ1v) is 8.62. The van der Waals surface area contributed by atoms with E-state index in [4.69, 9.17) is 5.73 Å². The van der Waals surface area contributed by atoms with E-state index in [1.165, 1.54) is 0 Å². The van der Waals surface area contributed by atoms with E-state index < -0.39 is 16.1 Å². The summed E-state index contributed by atoms with van der Waals surface area (Å²) < 4.78 is 24.8. The predicted molar refractivity (Wildman–Crippen MR) is 85.7 cm³/mol. The molecular formula is C14H23N3O3S. The molecule has 0 saturated carbocycles. The molecule has 1 aromatic carbocycles. The van der Waals surface area contributed by atoms with Gasteiger partial charge in [0.25, 0.3) is 0 Å². The minimum atomic E-state index is -3.32. The molecule has 0 spiro atoms. The quantitative estimate of drug-likeness (QED) is 0.743. The summed E-state index contributed by atoms with van der Waals surface area (Å²) >= 11 is 0. The van der Waals surface area contributed by atoms with E-state index in [-0.39, 0.29) is 5.91 Å². The molecule has 0 aliphatic carbocycles. The van der Waals surface area contributed by atoms with Crippen molar-refractivity contribution in [2.45, 2.75) is 33.2 Å². The van der Waals surface area contributed by atoms with Gasteiger partial charge in [-0.15, -0.1) is 0 Å². The van der Waals surface area contributed by atoms with Gasteiger partial charge in [0.2, 0.25) is 15.9 Å². The molecule has 0 radical (unpaired) electrons. The maximum Gasteiger partial charge on any atom is 0.241 e. The molecule has 1 unspecified atom stereocenters. The molecular weight excluding hydrogens is 290 g/mol. The van der Waals surface area contributed by atoms with Gasteiger partial charge in [0.1, 0.15) is 0 Å². The van der Waals surface area contributed by atoms with Gasteiger partial charge in [-0.05, 0) is 43.0 Å². The van der Waals surface area contributed by atoms with Crippen LogP contribution >= 0.6 is 0 Å². The van der Waals surface area contributed by atoms with E-state index in [2.05, 4.69) is 10.0 Å². The van der Waals surface area contributed by atoms with Crippen LogP contribution in [0.1, 0.15) is 25.8 Å². The summed E-state index contributed by atoms with van der Waals surface area (Å²) in [7, 11) is -3.32. The Labute approximate surface area is 126 Å². The number of nitrogens with two attached hydrogens (primary N) is 1. The number of hydrogen-bond donors (Lipinski definition) is 3. The monoisotopic (exact) mass is 313 g/mol. The molecule has 0 aliphatic rings. The van der Waals surface area contributed by atoms with Crippen molar-refractivity contribution in [2.75, 3.05) is 16.3 Å². The van der Waals surface area contributed by atoms with Crippen LogP contribution in [0.3, 0.4) is 0 Å². The molecule has 0 fully saturated rings. The summed E-state index contributed by atoms with van der Waals surface area (Å²) in [4.78, 5) is 11.9. The van der Waals surface area contributed by atoms with Crippen LogP contribution in [0, 0.1) is 12.8 Å². The van der Waals surface area contributed by atoms with Crippen LogP contribution in [0.25, 0.3) is 0 Å². The third-order valence-electron chi connectivity index (χ3n) is 2.85. The number of carbonyl (C=O) groups is 1. The summed E-state index contributed by atoms with van der Waals surface area (Å²) in [5.41, 5.74) is 7.61. The molecule has 1 rings (SSSR count). The lowest BCUT2D eigenvalue weighted by atomic mass is 10.0. The van der Waals surface area contributed by atoms with Gasteiger partial charge >= 0.3 is 0 Å². The molecule has 21 heavy (non-hydrogen) atoms. The highest BCUT2D eigenvalue weighted by molar-refractivity contribution is 7.92. The Morgan fingerprint density at radius 3 is 2.43 bits per heavy atom. The normalized spacial score (nSPS) is 13.0. The molecule has 118 valence electrons. The summed E-state index contributed by atoms with van der Waals surface area (Å²) in [5, 5.41) is 2.74. The van der Waals surface area contributed by atoms with E-state index >= 15 is 0 Å². The molecule has 0 aromatic heterocycles. The van der Waals surface area contributed by atoms with Crippen molar-refractivity contribution >= 4 is 27.3 Å². The van der Waals surface area contributed by atoms with E-state index in [0.717, 1.165) is 11.8 Å². The van der Waals surface area contributed by atoms with E-state index in [9.17, 15) is 13.2 Å². The Kier molecular flexibility index (Phi) is 5.74. The predicted octanol–water partition coefficient (Wildman–Crippen LogP) is 1.68. The Balaban J connectivity index is 2.78. The van der Waals surface area contributed by atoms with Crippen molar-refractivity contribution in [3.8, 4) is 0 Å². The molecule has 0 bridgehead atoms. The summed E-state index contributed by atoms with van der Waals surface area (Å²) in [5.74, 6) is 0.0979. The van der Waals surface area contributed by atoms with Crippen LogP contribution in [0.5, 0.6) is 0 Å². The lowest BCUT2D eigenvalue weighted by Gasteiger charge is -2.15. The molecule has 1 atom stereocenters. The summed E-state index contributed by atoms with van der Waals surface area (Å²) in [6, 6.07) is 4.40. The Hall–Kier alpha value is -1.60. The van der Waals surface area contributed by atoms with Crippen molar-refractivity contribution in [1.29, 1.82) is 0 Å². The maximum atomic E-state index is 11.9. The SMILES string of the molecule is Cc1cc(NC(=O)C(N)CC(C)C)ccc1NS(C)(=O)=O. The standard InChI is InChI=1S/C14H23N3O3S/c1-9(2)7-12(15)14(18)16-11-5-6-13(10(3)8-11)17-21(4,19)20/h5-6,8-9,12,17H,7,15H2,1-4H3,(H,16,18). The smallest absolute Gasteiger partial charge is 0.241 e. The van der Waals surface area contributed by atoms with Crippen molar-refractivity contribution in [1.82, 2.24) is 0 Å². The van der Waals surface area contributed by atoms with Gasteiger partial charge in [-0.1, -0.05) is 13.8 Å². The number of hydrogen-bond acceptors (Lipinski definition) is 4. The van der Waals surface area contributed by atoms with Crippen LogP contribution in [0.15, 0.2) is 18.2 Å². The number of benzene rings is 1. The van der Waals surface area contributed by atoms with Gasteiger partial charge in [-0.3, -0.25) is 9.52 Å². The van der Waals surface area contributed by atoms with Crippen LogP contribution in [-0.4, -0.2) is 26.6 Å². The van der Waals surface area contributed by atoms with Gasteiger partial charge < -0.3 is 11.1 Å². The third kappa shape index (κ3) is 6.14. The molecule has 6 nitrogen and oxygen atoms in total. The number of carbonyl (C=O) groups excluding carboxylic acids is 1. The van der Waals surface area contributed by atoms with Crippen LogP contribution in [-0.2, 0) is 14.8 Å². The maximum absolute atomic E-state index is 11.9. The van der Waals surface area contributed by atoms with Gasteiger partial charge in [0.15, 0.2) is 0 Å². The molecule has 0 heterocycles. The first-order chi connectivity index (χ1) is 9.58. The number of aryl methyl sites for hydroxylation is 1. The summed E-state index contributed by atoms with van der Waals surface area (Å²) in [6.45, 7) is 5.77. The topological polar surface area (TPSA) is 101 Å². The van der Waals surface area contributed by atoms with Crippen molar-refractivity contribution in [3.63, 3.8) is 0 Å². The highest BCUT2D eigenvalue weighted by atomic mass is 32.2. The zero-order valence-corrected chi connectivity index (χ0v) is 13.6. The molecule has 1 aromatic rings. The van der Waals surface area contributed by atoms with Crippen LogP contribution < -0.4 is 15.8 Å². The highest BCUT2D eigenvalue weighted by Crippen LogP contribution is 2.20. The molecule has 4 N–H and O–H groups in total. The Bertz CT molecular complexity index is 612. The number of anilines is 2. The second kappa shape index (κ2) is 6.91. The zero-order chi connectivity index (χ0) is 16.2. The highest BCUT2D eigenvalue weighted by Gasteiger charge is 2.15. The third-order valence-corrected chi connectivity index (χ3v) is 3.44. The second-order valence-electron chi connectivity index (χ2n) is 5.63. The fourth-order valence-electron chi connectivity index (χ4n) is 1.91. The molecule has 7 heteroatoms. The van der Waals surface area contributed by atoms with Crippen LogP contribution in [0.2, 0.25) is 0 Å². The van der Waals surface area contributed by atoms with Gasteiger partial charge in [-0.25, -0.2) is 8.42 Å². The Morgan fingerprint density at radius 1 is 1.33 bits per heavy atom. The minimum absolute atomic E-state index is 0.244. The van der Waals surface area contributed by atoms with E-state index in [1.807, 2.05) is 13.8 Å². The second-order valence-corrected chi connectivity index (χ2v) is 7.38. The molecule has 0 aliphatic heterocycles. The lowest BCUT2D eigenvalue weighted by Crippen LogP contribution is -2.36. The largest absolute Gasteiger partial charge is 0.325 e. The van der Waals surface area contributed by atoms with Gasteiger partial charge in [0.05, 0.1) is 18.0 Å². The number of rotatable bonds is 6. The lowest BCUT2D eigenvalue weighted by molar-refractivity contribution is -0.117. The first kappa shape index (κ1) is 17.5. The zero-order valence-electron chi connectivity index (χ0n) is 12.8. The first-order valence-electron chi connectivity index (χ1n) is 6.73. The van der Waals surface area contributed by atoms with Crippen molar-refractivity contribution in [2.24, 2.45) is 11.7 Å². The molecule has 0 saturated heterocycles. The van der Waals surface area contributed by atoms with Crippen LogP contribution in [0.4, 0.5) is 11.4 Å². The average Bonchev–Trinajstić information content (AvgIpc) is 2.30. The number of nitrogens with one attached hydrogen (secondary N) is 2.